The second-order valence-corrected chi connectivity index (χ2v) is 5.20. The van der Waals surface area contributed by atoms with Crippen LogP contribution in [-0.4, -0.2) is 43.3 Å². The third-order valence-electron chi connectivity index (χ3n) is 3.82. The molecule has 1 saturated heterocycles. The Hall–Kier alpha value is -2.88. The van der Waals surface area contributed by atoms with Crippen LogP contribution in [0.4, 0.5) is 15.9 Å². The van der Waals surface area contributed by atoms with Crippen LogP contribution in [0.3, 0.4) is 0 Å². The van der Waals surface area contributed by atoms with Crippen LogP contribution in [0.25, 0.3) is 0 Å². The van der Waals surface area contributed by atoms with Gasteiger partial charge in [-0.2, -0.15) is 5.26 Å². The highest BCUT2D eigenvalue weighted by Crippen LogP contribution is 2.22. The zero-order chi connectivity index (χ0) is 16.2. The molecule has 1 aliphatic rings. The normalized spacial score (nSPS) is 14.5. The summed E-state index contributed by atoms with van der Waals surface area (Å²) in [5.74, 6) is 0.955. The molecule has 23 heavy (non-hydrogen) atoms. The zero-order valence-electron chi connectivity index (χ0n) is 12.7. The summed E-state index contributed by atoms with van der Waals surface area (Å²) in [5.41, 5.74) is 1.07. The van der Waals surface area contributed by atoms with E-state index in [4.69, 9.17) is 10.00 Å². The molecule has 2 aromatic rings. The molecule has 6 nitrogen and oxygen atoms in total. The molecule has 118 valence electrons. The molecule has 0 aliphatic carbocycles. The van der Waals surface area contributed by atoms with Crippen molar-refractivity contribution < 1.29 is 9.13 Å². The molecule has 3 rings (SSSR count). The van der Waals surface area contributed by atoms with Gasteiger partial charge in [-0.05, 0) is 18.2 Å². The van der Waals surface area contributed by atoms with E-state index in [-0.39, 0.29) is 5.82 Å². The van der Waals surface area contributed by atoms with Gasteiger partial charge in [-0.25, -0.2) is 14.4 Å². The van der Waals surface area contributed by atoms with Gasteiger partial charge in [0.2, 0.25) is 5.88 Å². The lowest BCUT2D eigenvalue weighted by atomic mass is 10.1. The molecule has 1 aromatic heterocycles. The van der Waals surface area contributed by atoms with Crippen molar-refractivity contribution in [2.45, 2.75) is 0 Å². The topological polar surface area (TPSA) is 65.3 Å². The minimum absolute atomic E-state index is 0.336. The Kier molecular flexibility index (Phi) is 4.24. The van der Waals surface area contributed by atoms with Gasteiger partial charge in [0.25, 0.3) is 0 Å². The maximum Gasteiger partial charge on any atom is 0.218 e. The molecule has 0 radical (unpaired) electrons. The number of hydrogen-bond donors (Lipinski definition) is 0. The summed E-state index contributed by atoms with van der Waals surface area (Å²) in [6.07, 6.45) is 1.48. The zero-order valence-corrected chi connectivity index (χ0v) is 12.7. The summed E-state index contributed by atoms with van der Waals surface area (Å²) >= 11 is 0. The average molecular weight is 313 g/mol. The van der Waals surface area contributed by atoms with E-state index >= 15 is 0 Å². The number of hydrogen-bond acceptors (Lipinski definition) is 6. The molecular weight excluding hydrogens is 297 g/mol. The summed E-state index contributed by atoms with van der Waals surface area (Å²) in [7, 11) is 1.57. The highest BCUT2D eigenvalue weighted by atomic mass is 19.1. The van der Waals surface area contributed by atoms with Crippen molar-refractivity contribution in [3.8, 4) is 11.9 Å². The van der Waals surface area contributed by atoms with E-state index < -0.39 is 0 Å². The highest BCUT2D eigenvalue weighted by Gasteiger charge is 2.19. The lowest BCUT2D eigenvalue weighted by Gasteiger charge is -2.36. The Bertz CT molecular complexity index is 737. The van der Waals surface area contributed by atoms with E-state index in [2.05, 4.69) is 19.8 Å². The maximum atomic E-state index is 13.6. The van der Waals surface area contributed by atoms with Crippen molar-refractivity contribution in [3.05, 3.63) is 42.0 Å². The number of benzene rings is 1. The summed E-state index contributed by atoms with van der Waals surface area (Å²) in [6.45, 7) is 2.94. The second kappa shape index (κ2) is 6.48. The first-order chi connectivity index (χ1) is 11.2. The monoisotopic (exact) mass is 313 g/mol. The first kappa shape index (κ1) is 15.0. The van der Waals surface area contributed by atoms with Crippen LogP contribution in [0.5, 0.6) is 5.88 Å². The van der Waals surface area contributed by atoms with Crippen molar-refractivity contribution in [2.75, 3.05) is 43.1 Å². The van der Waals surface area contributed by atoms with Gasteiger partial charge in [0, 0.05) is 37.9 Å². The van der Waals surface area contributed by atoms with Gasteiger partial charge < -0.3 is 14.5 Å². The largest absolute Gasteiger partial charge is 0.481 e. The Morgan fingerprint density at radius 1 is 1.09 bits per heavy atom. The van der Waals surface area contributed by atoms with Crippen LogP contribution in [-0.2, 0) is 0 Å². The molecule has 0 spiro atoms. The highest BCUT2D eigenvalue weighted by molar-refractivity contribution is 5.53. The molecule has 0 bridgehead atoms. The van der Waals surface area contributed by atoms with E-state index in [9.17, 15) is 4.39 Å². The number of anilines is 2. The Labute approximate surface area is 133 Å². The summed E-state index contributed by atoms with van der Waals surface area (Å²) < 4.78 is 18.7. The number of nitriles is 1. The molecule has 0 saturated carbocycles. The first-order valence-corrected chi connectivity index (χ1v) is 7.26. The number of aromatic nitrogens is 2. The quantitative estimate of drug-likeness (QED) is 0.861. The number of nitrogens with zero attached hydrogens (tertiary/aromatic N) is 5. The fourth-order valence-corrected chi connectivity index (χ4v) is 2.63. The van der Waals surface area contributed by atoms with E-state index in [1.807, 2.05) is 6.07 Å². The number of halogens is 1. The van der Waals surface area contributed by atoms with Gasteiger partial charge in [-0.15, -0.1) is 0 Å². The first-order valence-electron chi connectivity index (χ1n) is 7.26. The Balaban J connectivity index is 1.71. The lowest BCUT2D eigenvalue weighted by Crippen LogP contribution is -2.46. The maximum absolute atomic E-state index is 13.6. The van der Waals surface area contributed by atoms with E-state index in [1.165, 1.54) is 18.5 Å². The standard InChI is InChI=1S/C16H16FN5O/c1-23-16-9-15(19-11-20-16)22-4-2-21(3-5-22)14-7-12(10-18)6-13(17)8-14/h6-9,11H,2-5H2,1H3. The lowest BCUT2D eigenvalue weighted by molar-refractivity contribution is 0.396. The predicted octanol–water partition coefficient (Wildman–Crippen LogP) is 1.82. The minimum Gasteiger partial charge on any atom is -0.481 e. The smallest absolute Gasteiger partial charge is 0.218 e. The molecule has 1 aromatic carbocycles. The van der Waals surface area contributed by atoms with Gasteiger partial charge >= 0.3 is 0 Å². The van der Waals surface area contributed by atoms with Crippen LogP contribution in [0.15, 0.2) is 30.6 Å². The van der Waals surface area contributed by atoms with Gasteiger partial charge in [0.1, 0.15) is 18.0 Å². The number of piperazine rings is 1. The molecule has 0 unspecified atom stereocenters. The SMILES string of the molecule is COc1cc(N2CCN(c3cc(F)cc(C#N)c3)CC2)ncn1. The Morgan fingerprint density at radius 3 is 2.52 bits per heavy atom. The summed E-state index contributed by atoms with van der Waals surface area (Å²) in [6, 6.07) is 8.20. The van der Waals surface area contributed by atoms with Crippen LogP contribution >= 0.6 is 0 Å². The molecule has 1 aliphatic heterocycles. The van der Waals surface area contributed by atoms with Crippen LogP contribution in [0.1, 0.15) is 5.56 Å². The van der Waals surface area contributed by atoms with Gasteiger partial charge in [-0.1, -0.05) is 0 Å². The van der Waals surface area contributed by atoms with Gasteiger partial charge in [0.05, 0.1) is 18.7 Å². The second-order valence-electron chi connectivity index (χ2n) is 5.20. The fraction of sp³-hybridized carbons (Fsp3) is 0.312. The number of methoxy groups -OCH3 is 1. The third-order valence-corrected chi connectivity index (χ3v) is 3.82. The summed E-state index contributed by atoms with van der Waals surface area (Å²) in [4.78, 5) is 12.5. The molecule has 1 fully saturated rings. The van der Waals surface area contributed by atoms with Crippen molar-refractivity contribution in [3.63, 3.8) is 0 Å². The average Bonchev–Trinajstić information content (AvgIpc) is 2.61. The molecule has 0 atom stereocenters. The van der Waals surface area contributed by atoms with Crippen molar-refractivity contribution in [2.24, 2.45) is 0 Å². The van der Waals surface area contributed by atoms with E-state index in [0.29, 0.717) is 11.4 Å². The van der Waals surface area contributed by atoms with Gasteiger partial charge in [-0.3, -0.25) is 0 Å². The number of ether oxygens (including phenoxy) is 1. The predicted molar refractivity (Wildman–Crippen MR) is 84.1 cm³/mol. The van der Waals surface area contributed by atoms with Crippen molar-refractivity contribution in [1.29, 1.82) is 5.26 Å². The molecule has 2 heterocycles. The number of rotatable bonds is 3. The molecule has 0 amide bonds. The van der Waals surface area contributed by atoms with Crippen molar-refractivity contribution in [1.82, 2.24) is 9.97 Å². The van der Waals surface area contributed by atoms with Crippen molar-refractivity contribution >= 4 is 11.5 Å². The molecular formula is C16H16FN5O. The fourth-order valence-electron chi connectivity index (χ4n) is 2.63. The third kappa shape index (κ3) is 3.31. The van der Waals surface area contributed by atoms with Crippen LogP contribution < -0.4 is 14.5 Å². The van der Waals surface area contributed by atoms with E-state index in [1.54, 1.807) is 19.2 Å². The molecule has 0 N–H and O–H groups in total. The Morgan fingerprint density at radius 2 is 1.83 bits per heavy atom. The summed E-state index contributed by atoms with van der Waals surface area (Å²) in [5, 5.41) is 8.96. The van der Waals surface area contributed by atoms with E-state index in [0.717, 1.165) is 37.7 Å². The molecule has 7 heteroatoms. The minimum atomic E-state index is -0.387. The van der Waals surface area contributed by atoms with Crippen LogP contribution in [0.2, 0.25) is 0 Å². The van der Waals surface area contributed by atoms with Gasteiger partial charge in [0.15, 0.2) is 0 Å². The van der Waals surface area contributed by atoms with Crippen LogP contribution in [0, 0.1) is 17.1 Å².